The average molecular weight is 565 g/mol. The van der Waals surface area contributed by atoms with Crippen molar-refractivity contribution in [1.82, 2.24) is 15.5 Å². The van der Waals surface area contributed by atoms with Gasteiger partial charge in [-0.2, -0.15) is 0 Å². The summed E-state index contributed by atoms with van der Waals surface area (Å²) >= 11 is 0. The van der Waals surface area contributed by atoms with Crippen LogP contribution in [0, 0.1) is 5.92 Å². The lowest BCUT2D eigenvalue weighted by Gasteiger charge is -2.18. The molecule has 0 aliphatic heterocycles. The van der Waals surface area contributed by atoms with Gasteiger partial charge in [-0.3, -0.25) is 4.79 Å². The number of carbonyl (C=O) groups excluding carboxylic acids is 1. The molecule has 1 aliphatic rings. The number of hydrogen-bond acceptors (Lipinski definition) is 3. The number of amides is 1. The first-order valence-corrected chi connectivity index (χ1v) is 11.8. The van der Waals surface area contributed by atoms with Gasteiger partial charge in [-0.1, -0.05) is 30.3 Å². The lowest BCUT2D eigenvalue weighted by molar-refractivity contribution is 0.0773. The standard InChI is InChI=1S/C26H36N4O2.HI/c1-4-27-26(29-18-23-9-7-8-10-24(23)32-19-21-11-12-21)28-17-20-13-15-22(16-14-20)25(31)30(5-2)6-3;/h7-10,13-16,21H,4-6,11-12,17-19H2,1-3H3,(H2,27,28,29);1H. The summed E-state index contributed by atoms with van der Waals surface area (Å²) < 4.78 is 6.01. The van der Waals surface area contributed by atoms with E-state index in [1.54, 1.807) is 0 Å². The highest BCUT2D eigenvalue weighted by Crippen LogP contribution is 2.30. The number of ether oxygens (including phenoxy) is 1. The number of rotatable bonds is 11. The minimum absolute atomic E-state index is 0. The van der Waals surface area contributed by atoms with E-state index in [1.165, 1.54) is 12.8 Å². The van der Waals surface area contributed by atoms with Gasteiger partial charge in [0.25, 0.3) is 5.91 Å². The first-order chi connectivity index (χ1) is 15.6. The van der Waals surface area contributed by atoms with Gasteiger partial charge in [0, 0.05) is 37.3 Å². The molecule has 0 spiro atoms. The van der Waals surface area contributed by atoms with Crippen LogP contribution in [0.1, 0.15) is 55.1 Å². The monoisotopic (exact) mass is 564 g/mol. The van der Waals surface area contributed by atoms with E-state index in [9.17, 15) is 4.79 Å². The molecule has 0 unspecified atom stereocenters. The summed E-state index contributed by atoms with van der Waals surface area (Å²) in [5.74, 6) is 2.50. The van der Waals surface area contributed by atoms with Gasteiger partial charge < -0.3 is 20.3 Å². The molecule has 0 heterocycles. The Kier molecular flexibility index (Phi) is 11.5. The van der Waals surface area contributed by atoms with Crippen molar-refractivity contribution in [1.29, 1.82) is 0 Å². The smallest absolute Gasteiger partial charge is 0.253 e. The summed E-state index contributed by atoms with van der Waals surface area (Å²) in [6, 6.07) is 15.9. The summed E-state index contributed by atoms with van der Waals surface area (Å²) in [7, 11) is 0. The normalized spacial score (nSPS) is 13.1. The highest BCUT2D eigenvalue weighted by molar-refractivity contribution is 14.0. The predicted octanol–water partition coefficient (Wildman–Crippen LogP) is 4.83. The van der Waals surface area contributed by atoms with Crippen molar-refractivity contribution in [2.24, 2.45) is 10.9 Å². The SMILES string of the molecule is CCNC(=NCc1ccc(C(=O)N(CC)CC)cc1)NCc1ccccc1OCC1CC1.I. The third-order valence-corrected chi connectivity index (χ3v) is 5.61. The molecular weight excluding hydrogens is 527 g/mol. The Balaban J connectivity index is 0.00000385. The number of nitrogens with one attached hydrogen (secondary N) is 2. The molecular formula is C26H37IN4O2. The van der Waals surface area contributed by atoms with Crippen LogP contribution in [0.5, 0.6) is 5.75 Å². The van der Waals surface area contributed by atoms with Crippen LogP contribution in [0.3, 0.4) is 0 Å². The fraction of sp³-hybridized carbons (Fsp3) is 0.462. The van der Waals surface area contributed by atoms with Crippen molar-refractivity contribution in [3.05, 3.63) is 65.2 Å². The zero-order valence-electron chi connectivity index (χ0n) is 20.0. The van der Waals surface area contributed by atoms with E-state index in [4.69, 9.17) is 9.73 Å². The van der Waals surface area contributed by atoms with Gasteiger partial charge in [0.2, 0.25) is 0 Å². The molecule has 3 rings (SSSR count). The molecule has 33 heavy (non-hydrogen) atoms. The number of benzene rings is 2. The van der Waals surface area contributed by atoms with Crippen molar-refractivity contribution in [3.8, 4) is 5.75 Å². The average Bonchev–Trinajstić information content (AvgIpc) is 3.66. The van der Waals surface area contributed by atoms with Crippen LogP contribution >= 0.6 is 24.0 Å². The summed E-state index contributed by atoms with van der Waals surface area (Å²) in [6.07, 6.45) is 2.56. The van der Waals surface area contributed by atoms with Crippen LogP contribution < -0.4 is 15.4 Å². The van der Waals surface area contributed by atoms with Crippen LogP contribution in [0.25, 0.3) is 0 Å². The molecule has 7 heteroatoms. The fourth-order valence-corrected chi connectivity index (χ4v) is 3.42. The van der Waals surface area contributed by atoms with E-state index < -0.39 is 0 Å². The molecule has 2 N–H and O–H groups in total. The Labute approximate surface area is 215 Å². The van der Waals surface area contributed by atoms with Gasteiger partial charge in [-0.15, -0.1) is 24.0 Å². The molecule has 1 fully saturated rings. The predicted molar refractivity (Wildman–Crippen MR) is 145 cm³/mol. The Morgan fingerprint density at radius 3 is 2.36 bits per heavy atom. The number of aliphatic imine (C=N–C) groups is 1. The van der Waals surface area contributed by atoms with Gasteiger partial charge in [0.15, 0.2) is 5.96 Å². The quantitative estimate of drug-likeness (QED) is 0.233. The topological polar surface area (TPSA) is 66.0 Å². The Morgan fingerprint density at radius 2 is 1.73 bits per heavy atom. The lowest BCUT2D eigenvalue weighted by Crippen LogP contribution is -2.36. The first kappa shape index (κ1) is 27.0. The van der Waals surface area contributed by atoms with Gasteiger partial charge in [0.05, 0.1) is 13.2 Å². The molecule has 2 aromatic rings. The highest BCUT2D eigenvalue weighted by Gasteiger charge is 2.22. The van der Waals surface area contributed by atoms with Crippen LogP contribution in [0.15, 0.2) is 53.5 Å². The van der Waals surface area contributed by atoms with Crippen LogP contribution in [0.2, 0.25) is 0 Å². The fourth-order valence-electron chi connectivity index (χ4n) is 3.42. The number of guanidine groups is 1. The third kappa shape index (κ3) is 8.53. The maximum absolute atomic E-state index is 12.5. The van der Waals surface area contributed by atoms with Crippen molar-refractivity contribution < 1.29 is 9.53 Å². The Morgan fingerprint density at radius 1 is 1.03 bits per heavy atom. The number of para-hydroxylation sites is 1. The van der Waals surface area contributed by atoms with Crippen molar-refractivity contribution in [3.63, 3.8) is 0 Å². The van der Waals surface area contributed by atoms with E-state index in [1.807, 2.05) is 61.2 Å². The van der Waals surface area contributed by atoms with Crippen LogP contribution in [-0.2, 0) is 13.1 Å². The number of nitrogens with zero attached hydrogens (tertiary/aromatic N) is 2. The second kappa shape index (κ2) is 14.1. The Bertz CT molecular complexity index is 893. The lowest BCUT2D eigenvalue weighted by atomic mass is 10.1. The molecule has 0 saturated heterocycles. The molecule has 180 valence electrons. The summed E-state index contributed by atoms with van der Waals surface area (Å²) in [6.45, 7) is 10.2. The summed E-state index contributed by atoms with van der Waals surface area (Å²) in [4.78, 5) is 19.0. The zero-order valence-corrected chi connectivity index (χ0v) is 22.3. The molecule has 0 bridgehead atoms. The van der Waals surface area contributed by atoms with Crippen molar-refractivity contribution >= 4 is 35.8 Å². The molecule has 6 nitrogen and oxygen atoms in total. The maximum atomic E-state index is 12.5. The molecule has 0 aromatic heterocycles. The molecule has 1 aliphatic carbocycles. The van der Waals surface area contributed by atoms with E-state index in [0.717, 1.165) is 41.9 Å². The first-order valence-electron chi connectivity index (χ1n) is 11.8. The highest BCUT2D eigenvalue weighted by atomic mass is 127. The van der Waals surface area contributed by atoms with Crippen LogP contribution in [-0.4, -0.2) is 43.0 Å². The second-order valence-electron chi connectivity index (χ2n) is 8.09. The third-order valence-electron chi connectivity index (χ3n) is 5.61. The minimum atomic E-state index is 0. The largest absolute Gasteiger partial charge is 0.493 e. The maximum Gasteiger partial charge on any atom is 0.253 e. The van der Waals surface area contributed by atoms with Gasteiger partial charge in [-0.05, 0) is 63.3 Å². The molecule has 0 atom stereocenters. The summed E-state index contributed by atoms with van der Waals surface area (Å²) in [5.41, 5.74) is 2.90. The summed E-state index contributed by atoms with van der Waals surface area (Å²) in [5, 5.41) is 6.71. The molecule has 2 aromatic carbocycles. The second-order valence-corrected chi connectivity index (χ2v) is 8.09. The molecule has 0 radical (unpaired) electrons. The van der Waals surface area contributed by atoms with E-state index in [2.05, 4.69) is 23.6 Å². The van der Waals surface area contributed by atoms with Gasteiger partial charge >= 0.3 is 0 Å². The number of carbonyl (C=O) groups is 1. The molecule has 1 amide bonds. The number of hydrogen-bond donors (Lipinski definition) is 2. The molecule has 1 saturated carbocycles. The van der Waals surface area contributed by atoms with E-state index in [-0.39, 0.29) is 29.9 Å². The van der Waals surface area contributed by atoms with Crippen molar-refractivity contribution in [2.75, 3.05) is 26.2 Å². The van der Waals surface area contributed by atoms with E-state index >= 15 is 0 Å². The van der Waals surface area contributed by atoms with Crippen LogP contribution in [0.4, 0.5) is 0 Å². The van der Waals surface area contributed by atoms with E-state index in [0.29, 0.717) is 31.7 Å². The van der Waals surface area contributed by atoms with Crippen molar-refractivity contribution in [2.45, 2.75) is 46.7 Å². The minimum Gasteiger partial charge on any atom is -0.493 e. The number of halogens is 1. The van der Waals surface area contributed by atoms with Gasteiger partial charge in [0.1, 0.15) is 5.75 Å². The van der Waals surface area contributed by atoms with Gasteiger partial charge in [-0.25, -0.2) is 4.99 Å². The zero-order chi connectivity index (χ0) is 22.8. The Hall–Kier alpha value is -2.29.